The van der Waals surface area contributed by atoms with Crippen molar-refractivity contribution in [3.8, 4) is 0 Å². The van der Waals surface area contributed by atoms with Crippen LogP contribution in [0, 0.1) is 5.82 Å². The lowest BCUT2D eigenvalue weighted by atomic mass is 9.98. The van der Waals surface area contributed by atoms with Gasteiger partial charge in [-0.2, -0.15) is 0 Å². The van der Waals surface area contributed by atoms with Crippen molar-refractivity contribution >= 4 is 33.8 Å². The SMILES string of the molecule is Fc1cc(Nc2ncc3cccc(C4=CCNCC4)c3n2)ccc1N1CCOCC1. The Morgan fingerprint density at radius 3 is 2.83 bits per heavy atom. The zero-order valence-electron chi connectivity index (χ0n) is 16.7. The number of nitrogens with one attached hydrogen (secondary N) is 2. The summed E-state index contributed by atoms with van der Waals surface area (Å²) in [6.07, 6.45) is 5.00. The summed E-state index contributed by atoms with van der Waals surface area (Å²) in [4.78, 5) is 11.2. The van der Waals surface area contributed by atoms with Crippen LogP contribution in [0.5, 0.6) is 0 Å². The number of nitrogens with zero attached hydrogens (tertiary/aromatic N) is 3. The lowest BCUT2D eigenvalue weighted by Crippen LogP contribution is -2.36. The monoisotopic (exact) mass is 405 g/mol. The van der Waals surface area contributed by atoms with Crippen LogP contribution in [0.1, 0.15) is 12.0 Å². The van der Waals surface area contributed by atoms with E-state index in [-0.39, 0.29) is 5.82 Å². The van der Waals surface area contributed by atoms with E-state index >= 15 is 0 Å². The number of rotatable bonds is 4. The van der Waals surface area contributed by atoms with Crippen LogP contribution < -0.4 is 15.5 Å². The molecular formula is C23H24FN5O. The Hall–Kier alpha value is -3.03. The summed E-state index contributed by atoms with van der Waals surface area (Å²) in [6, 6.07) is 11.3. The summed E-state index contributed by atoms with van der Waals surface area (Å²) < 4.78 is 20.1. The first kappa shape index (κ1) is 19.0. The zero-order chi connectivity index (χ0) is 20.3. The minimum Gasteiger partial charge on any atom is -0.378 e. The van der Waals surface area contributed by atoms with Crippen LogP contribution in [-0.2, 0) is 4.74 Å². The van der Waals surface area contributed by atoms with Crippen molar-refractivity contribution in [2.45, 2.75) is 6.42 Å². The molecule has 0 bridgehead atoms. The van der Waals surface area contributed by atoms with E-state index in [1.807, 2.05) is 29.3 Å². The van der Waals surface area contributed by atoms with Gasteiger partial charge in [0.2, 0.25) is 5.95 Å². The molecule has 0 radical (unpaired) electrons. The highest BCUT2D eigenvalue weighted by atomic mass is 19.1. The number of anilines is 3. The van der Waals surface area contributed by atoms with Gasteiger partial charge in [0.1, 0.15) is 5.82 Å². The van der Waals surface area contributed by atoms with Crippen LogP contribution in [-0.4, -0.2) is 49.4 Å². The molecule has 1 fully saturated rings. The fourth-order valence-corrected chi connectivity index (χ4v) is 4.02. The van der Waals surface area contributed by atoms with Gasteiger partial charge in [-0.3, -0.25) is 0 Å². The first-order valence-electron chi connectivity index (χ1n) is 10.3. The molecule has 1 saturated heterocycles. The van der Waals surface area contributed by atoms with E-state index in [9.17, 15) is 4.39 Å². The van der Waals surface area contributed by atoms with Gasteiger partial charge in [-0.15, -0.1) is 0 Å². The molecule has 3 heterocycles. The second-order valence-corrected chi connectivity index (χ2v) is 7.51. The van der Waals surface area contributed by atoms with Crippen molar-refractivity contribution < 1.29 is 9.13 Å². The van der Waals surface area contributed by atoms with Crippen molar-refractivity contribution in [2.24, 2.45) is 0 Å². The molecule has 0 spiro atoms. The molecule has 2 aromatic carbocycles. The molecule has 154 valence electrons. The number of hydrogen-bond acceptors (Lipinski definition) is 6. The Bertz CT molecular complexity index is 1090. The molecule has 2 N–H and O–H groups in total. The predicted octanol–water partition coefficient (Wildman–Crippen LogP) is 3.73. The molecule has 0 aliphatic carbocycles. The van der Waals surface area contributed by atoms with E-state index in [4.69, 9.17) is 9.72 Å². The number of benzene rings is 2. The highest BCUT2D eigenvalue weighted by Crippen LogP contribution is 2.29. The van der Waals surface area contributed by atoms with E-state index < -0.39 is 0 Å². The maximum absolute atomic E-state index is 14.7. The summed E-state index contributed by atoms with van der Waals surface area (Å²) in [7, 11) is 0. The molecule has 0 unspecified atom stereocenters. The van der Waals surface area contributed by atoms with E-state index in [1.165, 1.54) is 11.6 Å². The number of halogens is 1. The molecular weight excluding hydrogens is 381 g/mol. The van der Waals surface area contributed by atoms with E-state index in [0.717, 1.165) is 36.0 Å². The number of hydrogen-bond donors (Lipinski definition) is 2. The quantitative estimate of drug-likeness (QED) is 0.690. The topological polar surface area (TPSA) is 62.3 Å². The number of aromatic nitrogens is 2. The van der Waals surface area contributed by atoms with Crippen molar-refractivity contribution in [1.82, 2.24) is 15.3 Å². The number of fused-ring (bicyclic) bond motifs is 1. The lowest BCUT2D eigenvalue weighted by molar-refractivity contribution is 0.122. The molecule has 7 heteroatoms. The zero-order valence-corrected chi connectivity index (χ0v) is 16.7. The Morgan fingerprint density at radius 2 is 2.03 bits per heavy atom. The predicted molar refractivity (Wildman–Crippen MR) is 118 cm³/mol. The average molecular weight is 405 g/mol. The first-order chi connectivity index (χ1) is 14.8. The largest absolute Gasteiger partial charge is 0.378 e. The normalized spacial score (nSPS) is 17.1. The van der Waals surface area contributed by atoms with Gasteiger partial charge >= 0.3 is 0 Å². The lowest BCUT2D eigenvalue weighted by Gasteiger charge is -2.29. The van der Waals surface area contributed by atoms with E-state index in [2.05, 4.69) is 27.8 Å². The maximum atomic E-state index is 14.7. The second kappa shape index (κ2) is 8.38. The second-order valence-electron chi connectivity index (χ2n) is 7.51. The molecule has 2 aliphatic rings. The molecule has 3 aromatic rings. The fourth-order valence-electron chi connectivity index (χ4n) is 4.02. The van der Waals surface area contributed by atoms with Crippen molar-refractivity contribution in [3.05, 3.63) is 60.1 Å². The molecule has 30 heavy (non-hydrogen) atoms. The molecule has 0 atom stereocenters. The van der Waals surface area contributed by atoms with Gasteiger partial charge < -0.3 is 20.3 Å². The van der Waals surface area contributed by atoms with Gasteiger partial charge in [-0.25, -0.2) is 14.4 Å². The van der Waals surface area contributed by atoms with Crippen molar-refractivity contribution in [1.29, 1.82) is 0 Å². The van der Waals surface area contributed by atoms with Crippen LogP contribution in [0.15, 0.2) is 48.7 Å². The smallest absolute Gasteiger partial charge is 0.227 e. The third kappa shape index (κ3) is 3.86. The van der Waals surface area contributed by atoms with Crippen LogP contribution in [0.25, 0.3) is 16.5 Å². The van der Waals surface area contributed by atoms with Gasteiger partial charge in [-0.05, 0) is 36.7 Å². The Labute approximate surface area is 174 Å². The van der Waals surface area contributed by atoms with E-state index in [0.29, 0.717) is 43.6 Å². The number of morpholine rings is 1. The van der Waals surface area contributed by atoms with Crippen molar-refractivity contribution in [3.63, 3.8) is 0 Å². The molecule has 6 nitrogen and oxygen atoms in total. The molecule has 0 saturated carbocycles. The van der Waals surface area contributed by atoms with E-state index in [1.54, 1.807) is 6.07 Å². The van der Waals surface area contributed by atoms with Crippen LogP contribution in [0.3, 0.4) is 0 Å². The summed E-state index contributed by atoms with van der Waals surface area (Å²) >= 11 is 0. The molecule has 1 aromatic heterocycles. The third-order valence-corrected chi connectivity index (χ3v) is 5.58. The van der Waals surface area contributed by atoms with Crippen LogP contribution in [0.4, 0.5) is 21.7 Å². The molecule has 0 amide bonds. The summed E-state index contributed by atoms with van der Waals surface area (Å²) in [5, 5.41) is 7.49. The summed E-state index contributed by atoms with van der Waals surface area (Å²) in [6.45, 7) is 4.49. The average Bonchev–Trinajstić information content (AvgIpc) is 2.80. The molecule has 5 rings (SSSR count). The van der Waals surface area contributed by atoms with Crippen molar-refractivity contribution in [2.75, 3.05) is 49.6 Å². The first-order valence-corrected chi connectivity index (χ1v) is 10.3. The van der Waals surface area contributed by atoms with Crippen LogP contribution in [0.2, 0.25) is 0 Å². The van der Waals surface area contributed by atoms with Gasteiger partial charge in [0.15, 0.2) is 0 Å². The fraction of sp³-hybridized carbons (Fsp3) is 0.304. The Balaban J connectivity index is 1.42. The van der Waals surface area contributed by atoms with Gasteiger partial charge in [0.25, 0.3) is 0 Å². The Kier molecular flexibility index (Phi) is 5.29. The highest BCUT2D eigenvalue weighted by molar-refractivity contribution is 5.91. The minimum atomic E-state index is -0.261. The summed E-state index contributed by atoms with van der Waals surface area (Å²) in [5.74, 6) is 0.200. The third-order valence-electron chi connectivity index (χ3n) is 5.58. The minimum absolute atomic E-state index is 0.261. The number of ether oxygens (including phenoxy) is 1. The van der Waals surface area contributed by atoms with Crippen LogP contribution >= 0.6 is 0 Å². The van der Waals surface area contributed by atoms with Gasteiger partial charge in [0.05, 0.1) is 24.4 Å². The van der Waals surface area contributed by atoms with Gasteiger partial charge in [0, 0.05) is 42.5 Å². The number of para-hydroxylation sites is 1. The molecule has 2 aliphatic heterocycles. The standard InChI is InChI=1S/C23H24FN5O/c24-20-14-18(4-5-21(20)29-10-12-30-13-11-29)27-23-26-15-17-2-1-3-19(22(17)28-23)16-6-8-25-9-7-16/h1-6,14-15,25H,7-13H2,(H,26,27,28). The van der Waals surface area contributed by atoms with Gasteiger partial charge in [-0.1, -0.05) is 24.3 Å². The summed E-state index contributed by atoms with van der Waals surface area (Å²) in [5.41, 5.74) is 4.57. The maximum Gasteiger partial charge on any atom is 0.227 e. The Morgan fingerprint density at radius 1 is 1.13 bits per heavy atom. The highest BCUT2D eigenvalue weighted by Gasteiger charge is 2.16.